The van der Waals surface area contributed by atoms with Crippen LogP contribution >= 0.6 is 0 Å². The van der Waals surface area contributed by atoms with E-state index >= 15 is 0 Å². The van der Waals surface area contributed by atoms with E-state index in [1.165, 1.54) is 5.39 Å². The number of benzene rings is 5. The number of nitrogens with zero attached hydrogens (tertiary/aromatic N) is 5. The number of rotatable bonds is 1. The maximum atomic E-state index is 6.38. The molecule has 11 aromatic rings. The molecule has 0 aliphatic carbocycles. The molecule has 0 atom stereocenters. The maximum Gasteiger partial charge on any atom is 0.164 e. The lowest BCUT2D eigenvalue weighted by atomic mass is 10.0. The molecule has 0 aliphatic rings. The van der Waals surface area contributed by atoms with Crippen molar-refractivity contribution >= 4 is 93.1 Å². The lowest BCUT2D eigenvalue weighted by Gasteiger charge is -2.13. The predicted octanol–water partition coefficient (Wildman–Crippen LogP) is 9.73. The third-order valence-electron chi connectivity index (χ3n) is 9.36. The number of imidazole rings is 1. The summed E-state index contributed by atoms with van der Waals surface area (Å²) in [6.45, 7) is 0. The summed E-state index contributed by atoms with van der Waals surface area (Å²) in [5.41, 5.74) is 10.5. The maximum absolute atomic E-state index is 6.38. The SMILES string of the molecule is c1ccc2c(c1)nc1c3ccc(-n4c5ccccc5c5cnc6c(ncc7c8ccccc8oc76)c54)cc3c3ccccc3n21. The van der Waals surface area contributed by atoms with Crippen LogP contribution in [0.5, 0.6) is 0 Å². The Labute approximate surface area is 254 Å². The zero-order valence-electron chi connectivity index (χ0n) is 23.8. The Kier molecular flexibility index (Phi) is 4.24. The molecule has 0 spiro atoms. The summed E-state index contributed by atoms with van der Waals surface area (Å²) >= 11 is 0. The first kappa shape index (κ1) is 23.2. The molecule has 6 aromatic heterocycles. The second-order valence-corrected chi connectivity index (χ2v) is 11.7. The molecule has 0 radical (unpaired) electrons. The minimum absolute atomic E-state index is 0.761. The van der Waals surface area contributed by atoms with Crippen molar-refractivity contribution < 1.29 is 4.42 Å². The highest BCUT2D eigenvalue weighted by Gasteiger charge is 2.21. The minimum Gasteiger partial charge on any atom is -0.454 e. The molecule has 11 rings (SSSR count). The summed E-state index contributed by atoms with van der Waals surface area (Å²) < 4.78 is 11.0. The van der Waals surface area contributed by atoms with Crippen molar-refractivity contribution in [3.8, 4) is 5.69 Å². The van der Waals surface area contributed by atoms with Crippen LogP contribution < -0.4 is 0 Å². The second kappa shape index (κ2) is 8.21. The van der Waals surface area contributed by atoms with Crippen LogP contribution in [0.4, 0.5) is 0 Å². The van der Waals surface area contributed by atoms with Gasteiger partial charge in [-0.1, -0.05) is 66.7 Å². The first-order valence-corrected chi connectivity index (χ1v) is 15.0. The van der Waals surface area contributed by atoms with Crippen molar-refractivity contribution in [2.45, 2.75) is 0 Å². The zero-order valence-corrected chi connectivity index (χ0v) is 23.8. The highest BCUT2D eigenvalue weighted by molar-refractivity contribution is 6.22. The number of furan rings is 1. The van der Waals surface area contributed by atoms with Gasteiger partial charge in [0.05, 0.1) is 27.6 Å². The van der Waals surface area contributed by atoms with E-state index < -0.39 is 0 Å². The van der Waals surface area contributed by atoms with Crippen LogP contribution in [0.3, 0.4) is 0 Å². The standard InChI is InChI=1S/C39H21N5O/c1-6-14-32-23(9-1)27-19-22(17-18-26(27)39-42-30-12-4-7-15-33(30)44(32)39)43-31-13-5-2-10-24(31)28-20-41-36-35(37(28)43)40-21-29-25-11-3-8-16-34(25)45-38(29)36/h1-21H. The van der Waals surface area contributed by atoms with Crippen LogP contribution in [0.25, 0.3) is 98.8 Å². The van der Waals surface area contributed by atoms with Crippen molar-refractivity contribution in [2.75, 3.05) is 0 Å². The fraction of sp³-hybridized carbons (Fsp3) is 0. The predicted molar refractivity (Wildman–Crippen MR) is 182 cm³/mol. The highest BCUT2D eigenvalue weighted by Crippen LogP contribution is 2.40. The van der Waals surface area contributed by atoms with Gasteiger partial charge in [-0.25, -0.2) is 9.97 Å². The van der Waals surface area contributed by atoms with Crippen molar-refractivity contribution in [2.24, 2.45) is 0 Å². The van der Waals surface area contributed by atoms with Gasteiger partial charge in [-0.15, -0.1) is 0 Å². The molecule has 6 heterocycles. The number of para-hydroxylation sites is 5. The van der Waals surface area contributed by atoms with Gasteiger partial charge < -0.3 is 8.98 Å². The summed E-state index contributed by atoms with van der Waals surface area (Å²) in [5, 5.41) is 7.66. The molecular weight excluding hydrogens is 554 g/mol. The molecule has 45 heavy (non-hydrogen) atoms. The largest absolute Gasteiger partial charge is 0.454 e. The Balaban J connectivity index is 1.29. The number of hydrogen-bond donors (Lipinski definition) is 0. The summed E-state index contributed by atoms with van der Waals surface area (Å²) in [6, 6.07) is 40.3. The average Bonchev–Trinajstić information content (AvgIpc) is 3.78. The molecule has 0 saturated heterocycles. The fourth-order valence-corrected chi connectivity index (χ4v) is 7.42. The van der Waals surface area contributed by atoms with Gasteiger partial charge in [0.25, 0.3) is 0 Å². The van der Waals surface area contributed by atoms with Gasteiger partial charge in [-0.2, -0.15) is 0 Å². The van der Waals surface area contributed by atoms with E-state index in [-0.39, 0.29) is 0 Å². The van der Waals surface area contributed by atoms with Crippen LogP contribution in [0.2, 0.25) is 0 Å². The van der Waals surface area contributed by atoms with E-state index in [1.807, 2.05) is 36.7 Å². The molecular formula is C39H21N5O. The molecule has 6 heteroatoms. The Morgan fingerprint density at radius 3 is 2.09 bits per heavy atom. The fourth-order valence-electron chi connectivity index (χ4n) is 7.42. The van der Waals surface area contributed by atoms with Crippen LogP contribution in [0.1, 0.15) is 0 Å². The first-order chi connectivity index (χ1) is 22.3. The smallest absolute Gasteiger partial charge is 0.164 e. The Morgan fingerprint density at radius 1 is 0.511 bits per heavy atom. The second-order valence-electron chi connectivity index (χ2n) is 11.7. The van der Waals surface area contributed by atoms with Gasteiger partial charge in [-0.05, 0) is 53.9 Å². The summed E-state index contributed by atoms with van der Waals surface area (Å²) in [7, 11) is 0. The molecule has 0 bridgehead atoms. The highest BCUT2D eigenvalue weighted by atomic mass is 16.3. The Hall–Kier alpha value is -6.27. The monoisotopic (exact) mass is 575 g/mol. The van der Waals surface area contributed by atoms with E-state index in [0.29, 0.717) is 0 Å². The van der Waals surface area contributed by atoms with Gasteiger partial charge in [0.1, 0.15) is 22.3 Å². The third-order valence-corrected chi connectivity index (χ3v) is 9.36. The van der Waals surface area contributed by atoms with Crippen molar-refractivity contribution in [3.63, 3.8) is 0 Å². The topological polar surface area (TPSA) is 61.2 Å². The normalized spacial score (nSPS) is 12.4. The van der Waals surface area contributed by atoms with Crippen molar-refractivity contribution in [3.05, 3.63) is 128 Å². The lowest BCUT2D eigenvalue weighted by Crippen LogP contribution is -1.97. The minimum atomic E-state index is 0.761. The summed E-state index contributed by atoms with van der Waals surface area (Å²) in [5.74, 6) is 0. The zero-order chi connectivity index (χ0) is 29.2. The first-order valence-electron chi connectivity index (χ1n) is 15.0. The van der Waals surface area contributed by atoms with Gasteiger partial charge >= 0.3 is 0 Å². The molecule has 0 saturated carbocycles. The molecule has 208 valence electrons. The van der Waals surface area contributed by atoms with E-state index in [0.717, 1.165) is 93.4 Å². The molecule has 6 nitrogen and oxygen atoms in total. The van der Waals surface area contributed by atoms with E-state index in [2.05, 4.69) is 100.0 Å². The van der Waals surface area contributed by atoms with Gasteiger partial charge in [-0.3, -0.25) is 9.38 Å². The van der Waals surface area contributed by atoms with Crippen LogP contribution in [-0.4, -0.2) is 23.9 Å². The molecule has 0 amide bonds. The number of aromatic nitrogens is 5. The van der Waals surface area contributed by atoms with Crippen LogP contribution in [0.15, 0.2) is 132 Å². The molecule has 0 fully saturated rings. The van der Waals surface area contributed by atoms with E-state index in [9.17, 15) is 0 Å². The van der Waals surface area contributed by atoms with Gasteiger partial charge in [0, 0.05) is 50.4 Å². The average molecular weight is 576 g/mol. The number of pyridine rings is 3. The molecule has 0 N–H and O–H groups in total. The summed E-state index contributed by atoms with van der Waals surface area (Å²) in [4.78, 5) is 15.1. The van der Waals surface area contributed by atoms with E-state index in [4.69, 9.17) is 19.4 Å². The van der Waals surface area contributed by atoms with Crippen LogP contribution in [-0.2, 0) is 0 Å². The van der Waals surface area contributed by atoms with E-state index in [1.54, 1.807) is 0 Å². The number of hydrogen-bond acceptors (Lipinski definition) is 4. The summed E-state index contributed by atoms with van der Waals surface area (Å²) in [6.07, 6.45) is 3.90. The third kappa shape index (κ3) is 2.91. The Bertz CT molecular complexity index is 3050. The van der Waals surface area contributed by atoms with Gasteiger partial charge in [0.2, 0.25) is 0 Å². The van der Waals surface area contributed by atoms with Crippen LogP contribution in [0, 0.1) is 0 Å². The lowest BCUT2D eigenvalue weighted by molar-refractivity contribution is 0.671. The Morgan fingerprint density at radius 2 is 1.20 bits per heavy atom. The molecule has 0 unspecified atom stereocenters. The molecule has 5 aromatic carbocycles. The van der Waals surface area contributed by atoms with Gasteiger partial charge in [0.15, 0.2) is 5.58 Å². The molecule has 0 aliphatic heterocycles. The van der Waals surface area contributed by atoms with Crippen molar-refractivity contribution in [1.82, 2.24) is 23.9 Å². The number of fused-ring (bicyclic) bond motifs is 17. The van der Waals surface area contributed by atoms with Crippen molar-refractivity contribution in [1.29, 1.82) is 0 Å². The quantitative estimate of drug-likeness (QED) is 0.183.